The Hall–Kier alpha value is -2.95. The van der Waals surface area contributed by atoms with Crippen molar-refractivity contribution >= 4 is 22.4 Å². The van der Waals surface area contributed by atoms with Gasteiger partial charge < -0.3 is 5.32 Å². The van der Waals surface area contributed by atoms with Crippen LogP contribution in [0.2, 0.25) is 0 Å². The summed E-state index contributed by atoms with van der Waals surface area (Å²) in [6.45, 7) is 6.33. The van der Waals surface area contributed by atoms with Gasteiger partial charge in [-0.05, 0) is 39.0 Å². The van der Waals surface area contributed by atoms with Crippen molar-refractivity contribution in [3.63, 3.8) is 0 Å². The number of rotatable bonds is 2. The predicted molar refractivity (Wildman–Crippen MR) is 97.1 cm³/mol. The van der Waals surface area contributed by atoms with Gasteiger partial charge in [-0.3, -0.25) is 4.98 Å². The first-order valence-corrected chi connectivity index (χ1v) is 7.98. The van der Waals surface area contributed by atoms with Gasteiger partial charge in [0.05, 0.1) is 22.7 Å². The summed E-state index contributed by atoms with van der Waals surface area (Å²) < 4.78 is 1.87. The van der Waals surface area contributed by atoms with E-state index < -0.39 is 0 Å². The molecular weight excluding hydrogens is 298 g/mol. The second-order valence-electron chi connectivity index (χ2n) is 6.89. The molecule has 0 spiro atoms. The van der Waals surface area contributed by atoms with Crippen molar-refractivity contribution in [3.8, 4) is 11.1 Å². The molecule has 120 valence electrons. The van der Waals surface area contributed by atoms with Crippen LogP contribution >= 0.6 is 0 Å². The number of pyridine rings is 1. The summed E-state index contributed by atoms with van der Waals surface area (Å²) in [5.41, 5.74) is 4.92. The van der Waals surface area contributed by atoms with Crippen LogP contribution in [0, 0.1) is 0 Å². The average Bonchev–Trinajstić information content (AvgIpc) is 3.01. The molecule has 1 N–H and O–H groups in total. The number of hydrogen-bond donors (Lipinski definition) is 1. The quantitative estimate of drug-likeness (QED) is 0.603. The average molecular weight is 317 g/mol. The van der Waals surface area contributed by atoms with Gasteiger partial charge in [0.1, 0.15) is 5.82 Å². The van der Waals surface area contributed by atoms with Crippen molar-refractivity contribution in [2.45, 2.75) is 26.3 Å². The fraction of sp³-hybridized carbons (Fsp3) is 0.211. The lowest BCUT2D eigenvalue weighted by molar-refractivity contribution is 0.630. The Morgan fingerprint density at radius 3 is 2.67 bits per heavy atom. The number of para-hydroxylation sites is 1. The van der Waals surface area contributed by atoms with E-state index in [9.17, 15) is 0 Å². The minimum absolute atomic E-state index is 0.0667. The number of nitrogens with one attached hydrogen (secondary N) is 1. The third-order valence-corrected chi connectivity index (χ3v) is 3.80. The first-order valence-electron chi connectivity index (χ1n) is 7.98. The van der Waals surface area contributed by atoms with E-state index >= 15 is 0 Å². The van der Waals surface area contributed by atoms with Gasteiger partial charge in [0.15, 0.2) is 0 Å². The molecule has 0 aliphatic carbocycles. The van der Waals surface area contributed by atoms with Crippen LogP contribution in [0.3, 0.4) is 0 Å². The smallest absolute Gasteiger partial charge is 0.145 e. The van der Waals surface area contributed by atoms with Crippen LogP contribution in [0.1, 0.15) is 20.8 Å². The van der Waals surface area contributed by atoms with Crippen molar-refractivity contribution in [1.82, 2.24) is 19.6 Å². The Morgan fingerprint density at radius 2 is 1.83 bits per heavy atom. The third kappa shape index (κ3) is 2.58. The number of fused-ring (bicyclic) bond motifs is 2. The topological polar surface area (TPSA) is 55.1 Å². The van der Waals surface area contributed by atoms with E-state index in [0.717, 1.165) is 33.5 Å². The molecule has 3 heterocycles. The maximum Gasteiger partial charge on any atom is 0.145 e. The van der Waals surface area contributed by atoms with Gasteiger partial charge in [-0.2, -0.15) is 5.10 Å². The molecule has 24 heavy (non-hydrogen) atoms. The first-order chi connectivity index (χ1) is 11.5. The summed E-state index contributed by atoms with van der Waals surface area (Å²) in [4.78, 5) is 9.40. The first kappa shape index (κ1) is 14.6. The van der Waals surface area contributed by atoms with E-state index in [1.807, 2.05) is 41.2 Å². The molecule has 0 bridgehead atoms. The van der Waals surface area contributed by atoms with Crippen molar-refractivity contribution in [2.75, 3.05) is 5.32 Å². The normalized spacial score (nSPS) is 12.0. The van der Waals surface area contributed by atoms with Crippen LogP contribution in [0.15, 0.2) is 55.0 Å². The van der Waals surface area contributed by atoms with Crippen molar-refractivity contribution in [2.24, 2.45) is 0 Å². The Balaban J connectivity index is 1.95. The van der Waals surface area contributed by atoms with Gasteiger partial charge in [-0.15, -0.1) is 0 Å². The molecule has 4 rings (SSSR count). The molecule has 0 saturated heterocycles. The van der Waals surface area contributed by atoms with Gasteiger partial charge in [-0.25, -0.2) is 9.50 Å². The summed E-state index contributed by atoms with van der Waals surface area (Å²) >= 11 is 0. The molecule has 4 aromatic rings. The predicted octanol–water partition coefficient (Wildman–Crippen LogP) is 4.15. The monoisotopic (exact) mass is 317 g/mol. The molecule has 0 radical (unpaired) electrons. The van der Waals surface area contributed by atoms with Crippen molar-refractivity contribution < 1.29 is 0 Å². The summed E-state index contributed by atoms with van der Waals surface area (Å²) in [6, 6.07) is 12.2. The molecule has 0 aliphatic heterocycles. The summed E-state index contributed by atoms with van der Waals surface area (Å²) in [5, 5.41) is 7.71. The van der Waals surface area contributed by atoms with Crippen molar-refractivity contribution in [1.29, 1.82) is 0 Å². The lowest BCUT2D eigenvalue weighted by Crippen LogP contribution is -2.26. The van der Waals surface area contributed by atoms with Crippen LogP contribution in [-0.4, -0.2) is 25.1 Å². The Kier molecular flexibility index (Phi) is 3.23. The zero-order chi connectivity index (χ0) is 16.7. The lowest BCUT2D eigenvalue weighted by Gasteiger charge is -2.21. The zero-order valence-corrected chi connectivity index (χ0v) is 14.0. The molecule has 0 atom stereocenters. The Morgan fingerprint density at radius 1 is 1.00 bits per heavy atom. The minimum Gasteiger partial charge on any atom is -0.364 e. The van der Waals surface area contributed by atoms with Gasteiger partial charge >= 0.3 is 0 Å². The minimum atomic E-state index is -0.0667. The Labute approximate surface area is 140 Å². The zero-order valence-electron chi connectivity index (χ0n) is 14.0. The molecule has 0 amide bonds. The Bertz CT molecular complexity index is 1030. The largest absolute Gasteiger partial charge is 0.364 e. The van der Waals surface area contributed by atoms with E-state index in [1.54, 1.807) is 6.20 Å². The molecule has 0 unspecified atom stereocenters. The van der Waals surface area contributed by atoms with E-state index in [-0.39, 0.29) is 5.54 Å². The van der Waals surface area contributed by atoms with Gasteiger partial charge in [0.2, 0.25) is 0 Å². The molecule has 0 fully saturated rings. The summed E-state index contributed by atoms with van der Waals surface area (Å²) in [6.07, 6.45) is 5.54. The number of hydrogen-bond acceptors (Lipinski definition) is 4. The highest BCUT2D eigenvalue weighted by molar-refractivity contribution is 5.96. The van der Waals surface area contributed by atoms with Crippen LogP contribution in [0.4, 0.5) is 5.82 Å². The van der Waals surface area contributed by atoms with Crippen LogP contribution in [0.5, 0.6) is 0 Å². The fourth-order valence-corrected chi connectivity index (χ4v) is 2.88. The molecule has 5 nitrogen and oxygen atoms in total. The molecule has 3 aromatic heterocycles. The highest BCUT2D eigenvalue weighted by atomic mass is 15.2. The fourth-order valence-electron chi connectivity index (χ4n) is 2.88. The van der Waals surface area contributed by atoms with Crippen molar-refractivity contribution in [3.05, 3.63) is 55.0 Å². The van der Waals surface area contributed by atoms with Crippen LogP contribution in [0.25, 0.3) is 27.7 Å². The van der Waals surface area contributed by atoms with E-state index in [2.05, 4.69) is 48.3 Å². The molecule has 1 aromatic carbocycles. The third-order valence-electron chi connectivity index (χ3n) is 3.80. The molecule has 5 heteroatoms. The van der Waals surface area contributed by atoms with Gasteiger partial charge in [-0.1, -0.05) is 18.2 Å². The second kappa shape index (κ2) is 5.30. The van der Waals surface area contributed by atoms with E-state index in [0.29, 0.717) is 0 Å². The number of benzene rings is 1. The highest BCUT2D eigenvalue weighted by Gasteiger charge is 2.14. The molecule has 0 saturated carbocycles. The molecule has 0 aliphatic rings. The molecular formula is C19H19N5. The lowest BCUT2D eigenvalue weighted by atomic mass is 10.0. The van der Waals surface area contributed by atoms with E-state index in [4.69, 9.17) is 4.98 Å². The van der Waals surface area contributed by atoms with Crippen LogP contribution < -0.4 is 5.32 Å². The standard InChI is InChI=1S/C19H19N5/c1-19(2,3)23-17-12-20-15-8-4-6-14(18(15)22-17)13-7-5-11-24-16(13)9-10-21-24/h4-12H,1-3H3,(H,22,23). The number of anilines is 1. The second-order valence-corrected chi connectivity index (χ2v) is 6.89. The highest BCUT2D eigenvalue weighted by Crippen LogP contribution is 2.30. The van der Waals surface area contributed by atoms with Gasteiger partial charge in [0, 0.05) is 29.1 Å². The SMILES string of the molecule is CC(C)(C)Nc1cnc2cccc(-c3cccn4nccc34)c2n1. The maximum atomic E-state index is 4.82. The van der Waals surface area contributed by atoms with Crippen LogP contribution in [-0.2, 0) is 0 Å². The summed E-state index contributed by atoms with van der Waals surface area (Å²) in [7, 11) is 0. The number of aromatic nitrogens is 4. The van der Waals surface area contributed by atoms with Gasteiger partial charge in [0.25, 0.3) is 0 Å². The summed E-state index contributed by atoms with van der Waals surface area (Å²) in [5.74, 6) is 0.780. The number of nitrogens with zero attached hydrogens (tertiary/aromatic N) is 4. The van der Waals surface area contributed by atoms with E-state index in [1.165, 1.54) is 0 Å². The maximum absolute atomic E-state index is 4.82.